The monoisotopic (exact) mass is 252 g/mol. The SMILES string of the molecule is CCC1(CC)CN(CC2CCCCC2)CCCN1. The lowest BCUT2D eigenvalue weighted by molar-refractivity contribution is 0.159. The first kappa shape index (κ1) is 14.3. The highest BCUT2D eigenvalue weighted by molar-refractivity contribution is 4.91. The first-order valence-electron chi connectivity index (χ1n) is 8.25. The summed E-state index contributed by atoms with van der Waals surface area (Å²) in [6.07, 6.45) is 11.3. The van der Waals surface area contributed by atoms with E-state index >= 15 is 0 Å². The molecular formula is C16H32N2. The largest absolute Gasteiger partial charge is 0.310 e. The summed E-state index contributed by atoms with van der Waals surface area (Å²) < 4.78 is 0. The molecule has 0 aromatic carbocycles. The van der Waals surface area contributed by atoms with Crippen LogP contribution < -0.4 is 5.32 Å². The van der Waals surface area contributed by atoms with Crippen LogP contribution in [-0.4, -0.2) is 36.6 Å². The van der Waals surface area contributed by atoms with E-state index in [1.165, 1.54) is 77.5 Å². The second kappa shape index (κ2) is 6.91. The molecule has 1 saturated carbocycles. The highest BCUT2D eigenvalue weighted by atomic mass is 15.2. The van der Waals surface area contributed by atoms with E-state index in [2.05, 4.69) is 24.1 Å². The minimum absolute atomic E-state index is 0.394. The molecule has 2 nitrogen and oxygen atoms in total. The molecule has 1 aliphatic carbocycles. The summed E-state index contributed by atoms with van der Waals surface area (Å²) in [6.45, 7) is 9.86. The Labute approximate surface area is 114 Å². The zero-order chi connectivity index (χ0) is 12.8. The summed E-state index contributed by atoms with van der Waals surface area (Å²) >= 11 is 0. The smallest absolute Gasteiger partial charge is 0.0303 e. The molecule has 2 rings (SSSR count). The van der Waals surface area contributed by atoms with Crippen molar-refractivity contribution in [2.45, 2.75) is 70.8 Å². The van der Waals surface area contributed by atoms with Gasteiger partial charge in [0.2, 0.25) is 0 Å². The van der Waals surface area contributed by atoms with Gasteiger partial charge in [-0.3, -0.25) is 0 Å². The van der Waals surface area contributed by atoms with Crippen LogP contribution in [0.4, 0.5) is 0 Å². The maximum absolute atomic E-state index is 3.82. The second-order valence-electron chi connectivity index (χ2n) is 6.51. The van der Waals surface area contributed by atoms with Crippen molar-refractivity contribution in [1.82, 2.24) is 10.2 Å². The van der Waals surface area contributed by atoms with Crippen molar-refractivity contribution >= 4 is 0 Å². The third-order valence-corrected chi connectivity index (χ3v) is 5.27. The second-order valence-corrected chi connectivity index (χ2v) is 6.51. The fourth-order valence-corrected chi connectivity index (χ4v) is 3.83. The van der Waals surface area contributed by atoms with E-state index in [9.17, 15) is 0 Å². The van der Waals surface area contributed by atoms with Crippen LogP contribution in [-0.2, 0) is 0 Å². The zero-order valence-corrected chi connectivity index (χ0v) is 12.5. The van der Waals surface area contributed by atoms with E-state index in [0.717, 1.165) is 5.92 Å². The molecule has 1 N–H and O–H groups in total. The highest BCUT2D eigenvalue weighted by Crippen LogP contribution is 2.26. The lowest BCUT2D eigenvalue weighted by Crippen LogP contribution is -2.51. The Morgan fingerprint density at radius 1 is 1.06 bits per heavy atom. The maximum atomic E-state index is 3.82. The first-order valence-corrected chi connectivity index (χ1v) is 8.25. The Morgan fingerprint density at radius 3 is 2.44 bits per heavy atom. The Balaban J connectivity index is 1.89. The molecule has 0 atom stereocenters. The van der Waals surface area contributed by atoms with E-state index in [4.69, 9.17) is 0 Å². The molecule has 0 bridgehead atoms. The average Bonchev–Trinajstić information content (AvgIpc) is 2.63. The molecule has 106 valence electrons. The Kier molecular flexibility index (Phi) is 5.50. The van der Waals surface area contributed by atoms with Crippen LogP contribution in [0.5, 0.6) is 0 Å². The summed E-state index contributed by atoms with van der Waals surface area (Å²) in [5.41, 5.74) is 0.394. The van der Waals surface area contributed by atoms with Crippen LogP contribution in [0.15, 0.2) is 0 Å². The highest BCUT2D eigenvalue weighted by Gasteiger charge is 2.31. The molecule has 1 heterocycles. The van der Waals surface area contributed by atoms with Gasteiger partial charge >= 0.3 is 0 Å². The molecule has 0 aromatic heterocycles. The van der Waals surface area contributed by atoms with Crippen LogP contribution in [0, 0.1) is 5.92 Å². The van der Waals surface area contributed by atoms with E-state index in [1.54, 1.807) is 0 Å². The summed E-state index contributed by atoms with van der Waals surface area (Å²) in [6, 6.07) is 0. The number of hydrogen-bond acceptors (Lipinski definition) is 2. The lowest BCUT2D eigenvalue weighted by Gasteiger charge is -2.37. The Bertz CT molecular complexity index is 229. The molecule has 0 radical (unpaired) electrons. The van der Waals surface area contributed by atoms with E-state index in [-0.39, 0.29) is 0 Å². The van der Waals surface area contributed by atoms with Crippen molar-refractivity contribution in [1.29, 1.82) is 0 Å². The van der Waals surface area contributed by atoms with Gasteiger partial charge in [-0.2, -0.15) is 0 Å². The molecule has 2 aliphatic rings. The van der Waals surface area contributed by atoms with Gasteiger partial charge in [0.15, 0.2) is 0 Å². The third-order valence-electron chi connectivity index (χ3n) is 5.27. The van der Waals surface area contributed by atoms with Crippen LogP contribution in [0.1, 0.15) is 65.2 Å². The maximum Gasteiger partial charge on any atom is 0.0303 e. The van der Waals surface area contributed by atoms with Gasteiger partial charge in [0.05, 0.1) is 0 Å². The van der Waals surface area contributed by atoms with E-state index in [0.29, 0.717) is 5.54 Å². The molecule has 1 saturated heterocycles. The van der Waals surface area contributed by atoms with E-state index < -0.39 is 0 Å². The summed E-state index contributed by atoms with van der Waals surface area (Å²) in [5.74, 6) is 0.989. The molecule has 1 aliphatic heterocycles. The standard InChI is InChI=1S/C16H32N2/c1-3-16(4-2)14-18(12-8-11-17-16)13-15-9-6-5-7-10-15/h15,17H,3-14H2,1-2H3. The topological polar surface area (TPSA) is 15.3 Å². The normalized spacial score (nSPS) is 27.0. The predicted octanol–water partition coefficient (Wildman–Crippen LogP) is 3.42. The van der Waals surface area contributed by atoms with Crippen LogP contribution >= 0.6 is 0 Å². The van der Waals surface area contributed by atoms with Gasteiger partial charge < -0.3 is 10.2 Å². The van der Waals surface area contributed by atoms with Gasteiger partial charge in [-0.05, 0) is 51.1 Å². The number of hydrogen-bond donors (Lipinski definition) is 1. The van der Waals surface area contributed by atoms with Crippen molar-refractivity contribution in [3.8, 4) is 0 Å². The first-order chi connectivity index (χ1) is 8.78. The number of rotatable bonds is 4. The summed E-state index contributed by atoms with van der Waals surface area (Å²) in [4.78, 5) is 2.77. The Morgan fingerprint density at radius 2 is 1.78 bits per heavy atom. The summed E-state index contributed by atoms with van der Waals surface area (Å²) in [5, 5.41) is 3.82. The van der Waals surface area contributed by atoms with Gasteiger partial charge in [-0.25, -0.2) is 0 Å². The Hall–Kier alpha value is -0.0800. The molecule has 18 heavy (non-hydrogen) atoms. The van der Waals surface area contributed by atoms with Gasteiger partial charge in [0.1, 0.15) is 0 Å². The fraction of sp³-hybridized carbons (Fsp3) is 1.00. The van der Waals surface area contributed by atoms with Crippen molar-refractivity contribution in [2.24, 2.45) is 5.92 Å². The minimum atomic E-state index is 0.394. The number of nitrogens with zero attached hydrogens (tertiary/aromatic N) is 1. The molecule has 0 aromatic rings. The van der Waals surface area contributed by atoms with Gasteiger partial charge in [-0.1, -0.05) is 33.1 Å². The van der Waals surface area contributed by atoms with Crippen LogP contribution in [0.25, 0.3) is 0 Å². The fourth-order valence-electron chi connectivity index (χ4n) is 3.83. The minimum Gasteiger partial charge on any atom is -0.310 e. The molecular weight excluding hydrogens is 220 g/mol. The van der Waals surface area contributed by atoms with Crippen molar-refractivity contribution < 1.29 is 0 Å². The molecule has 2 heteroatoms. The third kappa shape index (κ3) is 3.71. The average molecular weight is 252 g/mol. The van der Waals surface area contributed by atoms with Gasteiger partial charge in [0, 0.05) is 18.6 Å². The zero-order valence-electron chi connectivity index (χ0n) is 12.5. The molecule has 0 unspecified atom stereocenters. The van der Waals surface area contributed by atoms with Crippen molar-refractivity contribution in [3.63, 3.8) is 0 Å². The molecule has 2 fully saturated rings. The van der Waals surface area contributed by atoms with Crippen molar-refractivity contribution in [2.75, 3.05) is 26.2 Å². The lowest BCUT2D eigenvalue weighted by atomic mass is 9.87. The van der Waals surface area contributed by atoms with Crippen LogP contribution in [0.2, 0.25) is 0 Å². The number of nitrogens with one attached hydrogen (secondary N) is 1. The summed E-state index contributed by atoms with van der Waals surface area (Å²) in [7, 11) is 0. The molecule has 0 spiro atoms. The predicted molar refractivity (Wildman–Crippen MR) is 78.9 cm³/mol. The van der Waals surface area contributed by atoms with E-state index in [1.807, 2.05) is 0 Å². The van der Waals surface area contributed by atoms with Gasteiger partial charge in [0.25, 0.3) is 0 Å². The quantitative estimate of drug-likeness (QED) is 0.825. The van der Waals surface area contributed by atoms with Gasteiger partial charge in [-0.15, -0.1) is 0 Å². The molecule has 0 amide bonds. The van der Waals surface area contributed by atoms with Crippen LogP contribution in [0.3, 0.4) is 0 Å². The van der Waals surface area contributed by atoms with Crippen molar-refractivity contribution in [3.05, 3.63) is 0 Å².